The van der Waals surface area contributed by atoms with E-state index < -0.39 is 13.1 Å². The largest absolute Gasteiger partial charge is 0.502 e. The molecule has 0 heterocycles. The van der Waals surface area contributed by atoms with Crippen molar-refractivity contribution in [1.82, 2.24) is 0 Å². The van der Waals surface area contributed by atoms with Gasteiger partial charge in [-0.3, -0.25) is 4.79 Å². The lowest BCUT2D eigenvalue weighted by Gasteiger charge is -2.14. The minimum absolute atomic E-state index is 0.294. The van der Waals surface area contributed by atoms with Crippen LogP contribution in [0, 0.1) is 6.92 Å². The van der Waals surface area contributed by atoms with E-state index in [9.17, 15) is 9.36 Å². The van der Waals surface area contributed by atoms with Crippen molar-refractivity contribution in [2.24, 2.45) is 0 Å². The third kappa shape index (κ3) is 4.11. The summed E-state index contributed by atoms with van der Waals surface area (Å²) in [7, 11) is -3.89. The Kier molecular flexibility index (Phi) is 5.58. The second-order valence-corrected chi connectivity index (χ2v) is 5.64. The smallest absolute Gasteiger partial charge is 0.419 e. The molecule has 0 aliphatic heterocycles. The highest BCUT2D eigenvalue weighted by molar-refractivity contribution is 7.72. The van der Waals surface area contributed by atoms with Gasteiger partial charge in [0.05, 0.1) is 12.5 Å². The van der Waals surface area contributed by atoms with Crippen LogP contribution in [0.5, 0.6) is 0 Å². The minimum Gasteiger partial charge on any atom is -0.419 e. The van der Waals surface area contributed by atoms with Gasteiger partial charge in [-0.2, -0.15) is 0 Å². The van der Waals surface area contributed by atoms with Gasteiger partial charge in [0.25, 0.3) is 5.52 Å². The molecule has 0 unspecified atom stereocenters. The third-order valence-electron chi connectivity index (χ3n) is 2.22. The van der Waals surface area contributed by atoms with Gasteiger partial charge in [0.15, 0.2) is 0 Å². The summed E-state index contributed by atoms with van der Waals surface area (Å²) in [5, 5.41) is 0. The van der Waals surface area contributed by atoms with E-state index in [4.69, 9.17) is 9.05 Å². The lowest BCUT2D eigenvalue weighted by Crippen LogP contribution is -2.03. The summed E-state index contributed by atoms with van der Waals surface area (Å²) < 4.78 is 22.4. The summed E-state index contributed by atoms with van der Waals surface area (Å²) in [5.41, 5.74) is 0.641. The third-order valence-corrected chi connectivity index (χ3v) is 3.77. The van der Waals surface area contributed by atoms with Crippen LogP contribution in [-0.2, 0) is 13.6 Å². The molecule has 102 valence electrons. The molecule has 0 amide bonds. The maximum absolute atomic E-state index is 12.4. The lowest BCUT2D eigenvalue weighted by atomic mass is 10.2. The first-order valence-electron chi connectivity index (χ1n) is 5.84. The van der Waals surface area contributed by atoms with Crippen LogP contribution < -0.4 is 0 Å². The Balaban J connectivity index is 3.06. The van der Waals surface area contributed by atoms with Crippen molar-refractivity contribution in [3.05, 3.63) is 60.1 Å². The van der Waals surface area contributed by atoms with E-state index in [0.717, 1.165) is 5.56 Å². The standard InChI is InChI=1S/C14H17O4P/c1-4-10-17-19(16,18-11-5-2)14(15)13-8-6-12(3)7-9-13/h4-11H,1-3H3. The second-order valence-electron chi connectivity index (χ2n) is 3.82. The predicted octanol–water partition coefficient (Wildman–Crippen LogP) is 4.43. The van der Waals surface area contributed by atoms with Crippen molar-refractivity contribution in [3.63, 3.8) is 0 Å². The first-order valence-corrected chi connectivity index (χ1v) is 7.38. The normalized spacial score (nSPS) is 14.5. The van der Waals surface area contributed by atoms with Crippen LogP contribution in [0.2, 0.25) is 0 Å². The van der Waals surface area contributed by atoms with Gasteiger partial charge in [0.2, 0.25) is 0 Å². The summed E-state index contributed by atoms with van der Waals surface area (Å²) >= 11 is 0. The van der Waals surface area contributed by atoms with Gasteiger partial charge < -0.3 is 9.05 Å². The van der Waals surface area contributed by atoms with Gasteiger partial charge in [-0.15, -0.1) is 0 Å². The van der Waals surface area contributed by atoms with Crippen LogP contribution >= 0.6 is 7.60 Å². The topological polar surface area (TPSA) is 52.6 Å². The Morgan fingerprint density at radius 3 is 1.95 bits per heavy atom. The average molecular weight is 280 g/mol. The predicted molar refractivity (Wildman–Crippen MR) is 74.9 cm³/mol. The molecule has 1 rings (SSSR count). The van der Waals surface area contributed by atoms with Crippen molar-refractivity contribution in [2.45, 2.75) is 20.8 Å². The maximum atomic E-state index is 12.4. The van der Waals surface area contributed by atoms with Crippen LogP contribution in [-0.4, -0.2) is 5.52 Å². The van der Waals surface area contributed by atoms with E-state index in [-0.39, 0.29) is 0 Å². The molecule has 0 bridgehead atoms. The molecule has 0 spiro atoms. The summed E-state index contributed by atoms with van der Waals surface area (Å²) in [6, 6.07) is 6.73. The zero-order valence-corrected chi connectivity index (χ0v) is 12.1. The van der Waals surface area contributed by atoms with Gasteiger partial charge >= 0.3 is 7.60 Å². The molecule has 0 fully saturated rings. The van der Waals surface area contributed by atoms with Gasteiger partial charge in [0, 0.05) is 5.56 Å². The van der Waals surface area contributed by atoms with Crippen molar-refractivity contribution in [1.29, 1.82) is 0 Å². The Bertz CT molecular complexity index is 511. The molecular formula is C14H17O4P. The molecule has 5 heteroatoms. The van der Waals surface area contributed by atoms with E-state index in [0.29, 0.717) is 5.56 Å². The number of hydrogen-bond donors (Lipinski definition) is 0. The van der Waals surface area contributed by atoms with Crippen LogP contribution in [0.15, 0.2) is 48.9 Å². The number of benzene rings is 1. The van der Waals surface area contributed by atoms with E-state index in [1.165, 1.54) is 24.7 Å². The van der Waals surface area contributed by atoms with Crippen LogP contribution in [0.25, 0.3) is 0 Å². The van der Waals surface area contributed by atoms with Crippen molar-refractivity contribution >= 4 is 13.1 Å². The van der Waals surface area contributed by atoms with Gasteiger partial charge in [0.1, 0.15) is 0 Å². The first kappa shape index (κ1) is 15.3. The number of rotatable bonds is 6. The molecule has 0 N–H and O–H groups in total. The van der Waals surface area contributed by atoms with Gasteiger partial charge in [-0.25, -0.2) is 4.57 Å². The highest BCUT2D eigenvalue weighted by atomic mass is 31.2. The summed E-state index contributed by atoms with van der Waals surface area (Å²) in [5.74, 6) is 0. The fourth-order valence-corrected chi connectivity index (χ4v) is 2.53. The summed E-state index contributed by atoms with van der Waals surface area (Å²) in [4.78, 5) is 12.2. The Labute approximate surface area is 113 Å². The highest BCUT2D eigenvalue weighted by Gasteiger charge is 2.36. The Hall–Kier alpha value is -1.80. The quantitative estimate of drug-likeness (QED) is 0.571. The number of carbonyl (C=O) groups is 1. The van der Waals surface area contributed by atoms with Crippen molar-refractivity contribution in [3.8, 4) is 0 Å². The van der Waals surface area contributed by atoms with E-state index in [2.05, 4.69) is 0 Å². The number of allylic oxidation sites excluding steroid dienone is 2. The van der Waals surface area contributed by atoms with Crippen LogP contribution in [0.3, 0.4) is 0 Å². The molecule has 0 saturated carbocycles. The zero-order valence-electron chi connectivity index (χ0n) is 11.2. The maximum Gasteiger partial charge on any atom is 0.502 e. The highest BCUT2D eigenvalue weighted by Crippen LogP contribution is 2.51. The molecule has 1 aromatic carbocycles. The molecule has 1 aromatic rings. The second kappa shape index (κ2) is 6.95. The monoisotopic (exact) mass is 280 g/mol. The molecule has 0 saturated heterocycles. The van der Waals surface area contributed by atoms with E-state index in [1.807, 2.05) is 6.92 Å². The molecule has 0 aromatic heterocycles. The molecule has 0 aliphatic carbocycles. The molecule has 0 atom stereocenters. The lowest BCUT2D eigenvalue weighted by molar-refractivity contribution is 0.103. The van der Waals surface area contributed by atoms with Crippen LogP contribution in [0.4, 0.5) is 0 Å². The summed E-state index contributed by atoms with van der Waals surface area (Å²) in [6.07, 6.45) is 5.45. The Morgan fingerprint density at radius 2 is 1.53 bits per heavy atom. The zero-order chi connectivity index (χ0) is 14.3. The molecule has 0 aliphatic rings. The van der Waals surface area contributed by atoms with Gasteiger partial charge in [-0.05, 0) is 20.8 Å². The molecular weight excluding hydrogens is 263 g/mol. The van der Waals surface area contributed by atoms with E-state index >= 15 is 0 Å². The molecule has 0 radical (unpaired) electrons. The van der Waals surface area contributed by atoms with Gasteiger partial charge in [-0.1, -0.05) is 42.0 Å². The number of aryl methyl sites for hydroxylation is 1. The van der Waals surface area contributed by atoms with Crippen molar-refractivity contribution < 1.29 is 18.4 Å². The van der Waals surface area contributed by atoms with Crippen LogP contribution in [0.1, 0.15) is 29.8 Å². The fraction of sp³-hybridized carbons (Fsp3) is 0.214. The average Bonchev–Trinajstić information content (AvgIpc) is 2.43. The van der Waals surface area contributed by atoms with E-state index in [1.54, 1.807) is 38.1 Å². The Morgan fingerprint density at radius 1 is 1.05 bits per heavy atom. The number of carbonyl (C=O) groups excluding carboxylic acids is 1. The van der Waals surface area contributed by atoms with Crippen molar-refractivity contribution in [2.75, 3.05) is 0 Å². The minimum atomic E-state index is -3.89. The first-order chi connectivity index (χ1) is 9.03. The summed E-state index contributed by atoms with van der Waals surface area (Å²) in [6.45, 7) is 5.28. The fourth-order valence-electron chi connectivity index (χ4n) is 1.26. The SMILES string of the molecule is CC=COP(=O)(OC=CC)C(=O)c1ccc(C)cc1. The number of hydrogen-bond acceptors (Lipinski definition) is 4. The molecule has 4 nitrogen and oxygen atoms in total. The molecule has 19 heavy (non-hydrogen) atoms.